The molecule has 0 spiro atoms. The van der Waals surface area contributed by atoms with Gasteiger partial charge < -0.3 is 16.0 Å². The van der Waals surface area contributed by atoms with Crippen LogP contribution in [0.3, 0.4) is 0 Å². The molecular formula is C28H23N7O. The third-order valence-electron chi connectivity index (χ3n) is 6.28. The number of carbonyl (C=O) groups is 1. The van der Waals surface area contributed by atoms with E-state index in [0.717, 1.165) is 33.3 Å². The summed E-state index contributed by atoms with van der Waals surface area (Å²) in [5.74, 6) is -0.198. The summed E-state index contributed by atoms with van der Waals surface area (Å²) in [5.41, 5.74) is 13.6. The minimum absolute atomic E-state index is 0.166. The first-order valence-electron chi connectivity index (χ1n) is 11.6. The Morgan fingerprint density at radius 1 is 1.03 bits per heavy atom. The summed E-state index contributed by atoms with van der Waals surface area (Å²) in [6.45, 7) is 3.92. The minimum Gasteiger partial charge on any atom is -0.383 e. The van der Waals surface area contributed by atoms with Crippen molar-refractivity contribution < 1.29 is 4.79 Å². The molecule has 6 rings (SSSR count). The van der Waals surface area contributed by atoms with Gasteiger partial charge in [0, 0.05) is 28.4 Å². The number of benzene rings is 3. The van der Waals surface area contributed by atoms with Crippen molar-refractivity contribution >= 4 is 56.7 Å². The lowest BCUT2D eigenvalue weighted by atomic mass is 10.1. The lowest BCUT2D eigenvalue weighted by molar-refractivity contribution is 0.102. The molecule has 0 aliphatic rings. The average molecular weight is 474 g/mol. The van der Waals surface area contributed by atoms with Gasteiger partial charge in [-0.1, -0.05) is 42.5 Å². The van der Waals surface area contributed by atoms with Gasteiger partial charge in [-0.15, -0.1) is 0 Å². The summed E-state index contributed by atoms with van der Waals surface area (Å²) in [4.78, 5) is 26.3. The van der Waals surface area contributed by atoms with Crippen molar-refractivity contribution in [2.75, 3.05) is 11.1 Å². The number of fused-ring (bicyclic) bond motifs is 3. The number of nitrogen functional groups attached to an aromatic ring is 1. The van der Waals surface area contributed by atoms with Crippen LogP contribution in [0.15, 0.2) is 78.0 Å². The zero-order chi connectivity index (χ0) is 24.8. The number of nitrogens with zero attached hydrogens (tertiary/aromatic N) is 4. The maximum atomic E-state index is 13.5. The smallest absolute Gasteiger partial charge is 0.261 e. The molecule has 0 aliphatic heterocycles. The molecule has 0 saturated carbocycles. The number of aryl methyl sites for hydroxylation is 2. The molecule has 0 saturated heterocycles. The van der Waals surface area contributed by atoms with Crippen LogP contribution in [0.2, 0.25) is 0 Å². The molecule has 36 heavy (non-hydrogen) atoms. The van der Waals surface area contributed by atoms with E-state index >= 15 is 0 Å². The number of nitrogens with one attached hydrogen (secondary N) is 2. The number of aromatic amines is 1. The maximum Gasteiger partial charge on any atom is 0.261 e. The number of aromatic nitrogens is 4. The van der Waals surface area contributed by atoms with Crippen LogP contribution in [0.4, 0.5) is 11.5 Å². The molecule has 3 heterocycles. The molecule has 0 fully saturated rings. The normalized spacial score (nSPS) is 11.7. The van der Waals surface area contributed by atoms with Gasteiger partial charge in [-0.3, -0.25) is 4.79 Å². The Morgan fingerprint density at radius 3 is 2.61 bits per heavy atom. The van der Waals surface area contributed by atoms with E-state index in [1.165, 1.54) is 4.68 Å². The van der Waals surface area contributed by atoms with Gasteiger partial charge in [0.2, 0.25) is 0 Å². The van der Waals surface area contributed by atoms with Gasteiger partial charge >= 0.3 is 0 Å². The molecule has 0 bridgehead atoms. The fraction of sp³-hybridized carbons (Fsp3) is 0.0714. The van der Waals surface area contributed by atoms with Crippen molar-refractivity contribution in [3.63, 3.8) is 0 Å². The monoisotopic (exact) mass is 473 g/mol. The Kier molecular flexibility index (Phi) is 5.00. The highest BCUT2D eigenvalue weighted by atomic mass is 16.1. The molecule has 0 aliphatic carbocycles. The highest BCUT2D eigenvalue weighted by Gasteiger charge is 2.24. The molecule has 0 unspecified atom stereocenters. The lowest BCUT2D eigenvalue weighted by Gasteiger charge is -2.09. The Morgan fingerprint density at radius 2 is 1.78 bits per heavy atom. The van der Waals surface area contributed by atoms with Crippen LogP contribution in [0.25, 0.3) is 33.1 Å². The first kappa shape index (κ1) is 21.5. The van der Waals surface area contributed by atoms with E-state index in [9.17, 15) is 4.79 Å². The van der Waals surface area contributed by atoms with Crippen LogP contribution in [-0.4, -0.2) is 31.7 Å². The van der Waals surface area contributed by atoms with Gasteiger partial charge in [0.15, 0.2) is 5.65 Å². The van der Waals surface area contributed by atoms with Crippen LogP contribution in [-0.2, 0) is 0 Å². The molecule has 3 aromatic carbocycles. The van der Waals surface area contributed by atoms with Gasteiger partial charge in [0.05, 0.1) is 17.2 Å². The van der Waals surface area contributed by atoms with Crippen molar-refractivity contribution in [3.8, 4) is 0 Å². The first-order valence-corrected chi connectivity index (χ1v) is 11.6. The maximum absolute atomic E-state index is 13.5. The second-order valence-corrected chi connectivity index (χ2v) is 8.76. The van der Waals surface area contributed by atoms with E-state index in [1.54, 1.807) is 6.21 Å². The quantitative estimate of drug-likeness (QED) is 0.297. The van der Waals surface area contributed by atoms with E-state index in [4.69, 9.17) is 15.7 Å². The standard InChI is InChI=1S/C28H23N7O/c1-16-11-12-17(2)23(13-16)34-28(36)24-25-27(33-22-10-6-5-9-21(22)32-25)35(26(24)29)31-15-18-14-30-20-8-4-3-7-19(18)20/h3-15,30H,29H2,1-2H3,(H,34,36). The van der Waals surface area contributed by atoms with Crippen LogP contribution in [0.5, 0.6) is 0 Å². The van der Waals surface area contributed by atoms with Crippen LogP contribution in [0.1, 0.15) is 27.0 Å². The molecular weight excluding hydrogens is 450 g/mol. The van der Waals surface area contributed by atoms with Gasteiger partial charge in [-0.05, 0) is 49.2 Å². The number of nitrogens with two attached hydrogens (primary N) is 1. The third kappa shape index (κ3) is 3.56. The number of hydrogen-bond acceptors (Lipinski definition) is 5. The highest BCUT2D eigenvalue weighted by Crippen LogP contribution is 2.29. The van der Waals surface area contributed by atoms with Crippen LogP contribution >= 0.6 is 0 Å². The number of anilines is 2. The van der Waals surface area contributed by atoms with Crippen LogP contribution in [0, 0.1) is 13.8 Å². The molecule has 8 nitrogen and oxygen atoms in total. The van der Waals surface area contributed by atoms with Gasteiger partial charge in [-0.25, -0.2) is 9.97 Å². The van der Waals surface area contributed by atoms with E-state index in [1.807, 2.05) is 86.8 Å². The Bertz CT molecular complexity index is 1830. The zero-order valence-corrected chi connectivity index (χ0v) is 19.8. The molecule has 8 heteroatoms. The summed E-state index contributed by atoms with van der Waals surface area (Å²) in [7, 11) is 0. The minimum atomic E-state index is -0.364. The van der Waals surface area contributed by atoms with Gasteiger partial charge in [0.25, 0.3) is 5.91 Å². The number of amides is 1. The number of rotatable bonds is 4. The van der Waals surface area contributed by atoms with Crippen molar-refractivity contribution in [1.29, 1.82) is 0 Å². The molecule has 3 aromatic heterocycles. The third-order valence-corrected chi connectivity index (χ3v) is 6.28. The van der Waals surface area contributed by atoms with E-state index in [0.29, 0.717) is 22.2 Å². The molecule has 0 atom stereocenters. The topological polar surface area (TPSA) is 114 Å². The molecule has 6 aromatic rings. The Balaban J connectivity index is 1.52. The van der Waals surface area contributed by atoms with E-state index in [2.05, 4.69) is 15.4 Å². The van der Waals surface area contributed by atoms with Crippen molar-refractivity contribution in [2.45, 2.75) is 13.8 Å². The van der Waals surface area contributed by atoms with Gasteiger partial charge in [-0.2, -0.15) is 9.78 Å². The predicted molar refractivity (Wildman–Crippen MR) is 145 cm³/mol. The summed E-state index contributed by atoms with van der Waals surface area (Å²) in [6.07, 6.45) is 3.59. The first-order chi connectivity index (χ1) is 17.5. The Labute approximate surface area is 206 Å². The summed E-state index contributed by atoms with van der Waals surface area (Å²) in [6, 6.07) is 21.4. The molecule has 0 radical (unpaired) electrons. The highest BCUT2D eigenvalue weighted by molar-refractivity contribution is 6.16. The molecule has 1 amide bonds. The molecule has 4 N–H and O–H groups in total. The number of carbonyl (C=O) groups excluding carboxylic acids is 1. The predicted octanol–water partition coefficient (Wildman–Crippen LogP) is 5.40. The number of H-pyrrole nitrogens is 1. The SMILES string of the molecule is Cc1ccc(C)c(NC(=O)c2c(N)n(N=Cc3c[nH]c4ccccc34)c3nc4ccccc4nc23)c1. The van der Waals surface area contributed by atoms with E-state index in [-0.39, 0.29) is 17.3 Å². The summed E-state index contributed by atoms with van der Waals surface area (Å²) in [5, 5.41) is 8.67. The lowest BCUT2D eigenvalue weighted by Crippen LogP contribution is -2.15. The van der Waals surface area contributed by atoms with Crippen molar-refractivity contribution in [3.05, 3.63) is 95.2 Å². The summed E-state index contributed by atoms with van der Waals surface area (Å²) < 4.78 is 1.48. The molecule has 176 valence electrons. The summed E-state index contributed by atoms with van der Waals surface area (Å²) >= 11 is 0. The van der Waals surface area contributed by atoms with E-state index < -0.39 is 0 Å². The average Bonchev–Trinajstić information content (AvgIpc) is 3.41. The van der Waals surface area contributed by atoms with Gasteiger partial charge in [0.1, 0.15) is 16.9 Å². The van der Waals surface area contributed by atoms with Crippen LogP contribution < -0.4 is 11.1 Å². The Hall–Kier alpha value is -4.98. The number of hydrogen-bond donors (Lipinski definition) is 3. The van der Waals surface area contributed by atoms with Crippen molar-refractivity contribution in [1.82, 2.24) is 19.6 Å². The largest absolute Gasteiger partial charge is 0.383 e. The second-order valence-electron chi connectivity index (χ2n) is 8.76. The second kappa shape index (κ2) is 8.35. The fourth-order valence-electron chi connectivity index (χ4n) is 4.36. The number of para-hydroxylation sites is 3. The fourth-order valence-corrected chi connectivity index (χ4v) is 4.36. The zero-order valence-electron chi connectivity index (χ0n) is 19.8. The van der Waals surface area contributed by atoms with Crippen molar-refractivity contribution in [2.24, 2.45) is 5.10 Å².